The molecule has 1 fully saturated rings. The van der Waals surface area contributed by atoms with Crippen LogP contribution in [0.1, 0.15) is 46.2 Å². The van der Waals surface area contributed by atoms with E-state index in [9.17, 15) is 4.39 Å². The van der Waals surface area contributed by atoms with Gasteiger partial charge in [0.25, 0.3) is 0 Å². The molecule has 4 unspecified atom stereocenters. The van der Waals surface area contributed by atoms with Gasteiger partial charge in [0.2, 0.25) is 0 Å². The second kappa shape index (κ2) is 17.4. The Bertz CT molecular complexity index is 979. The van der Waals surface area contributed by atoms with Crippen LogP contribution >= 0.6 is 24.4 Å². The first-order valence-corrected chi connectivity index (χ1v) is 14.2. The Kier molecular flexibility index (Phi) is 15.6. The Morgan fingerprint density at radius 2 is 2.13 bits per heavy atom. The molecule has 0 aromatic carbocycles. The summed E-state index contributed by atoms with van der Waals surface area (Å²) in [6.07, 6.45) is 10.4. The van der Waals surface area contributed by atoms with Gasteiger partial charge in [-0.25, -0.2) is 9.87 Å². The molecule has 4 atom stereocenters. The molecule has 220 valence electrons. The number of aliphatic imine (C=N–C) groups is 1. The topological polar surface area (TPSA) is 126 Å². The average molecular weight is 583 g/mol. The molecule has 0 amide bonds. The lowest BCUT2D eigenvalue weighted by molar-refractivity contribution is -0.0229. The second-order valence-corrected chi connectivity index (χ2v) is 11.7. The van der Waals surface area contributed by atoms with Crippen molar-refractivity contribution < 1.29 is 9.23 Å². The molecule has 1 heterocycles. The van der Waals surface area contributed by atoms with Crippen molar-refractivity contribution in [1.82, 2.24) is 26.1 Å². The number of hydrazine groups is 1. The maximum absolute atomic E-state index is 14.2. The highest BCUT2D eigenvalue weighted by Crippen LogP contribution is 2.44. The van der Waals surface area contributed by atoms with Crippen molar-refractivity contribution in [2.75, 3.05) is 27.7 Å². The van der Waals surface area contributed by atoms with Crippen molar-refractivity contribution in [3.05, 3.63) is 48.7 Å². The van der Waals surface area contributed by atoms with Gasteiger partial charge in [0.05, 0.1) is 24.0 Å². The van der Waals surface area contributed by atoms with Crippen LogP contribution in [0, 0.1) is 5.92 Å². The third-order valence-corrected chi connectivity index (χ3v) is 7.62. The van der Waals surface area contributed by atoms with Gasteiger partial charge in [0.15, 0.2) is 0 Å². The molecule has 2 rings (SSSR count). The summed E-state index contributed by atoms with van der Waals surface area (Å²) >= 11 is 6.26. The Balaban J connectivity index is 0.000000956. The number of hydroxylamine groups is 1. The molecule has 0 saturated heterocycles. The number of thiol groups is 1. The van der Waals surface area contributed by atoms with Crippen molar-refractivity contribution in [2.24, 2.45) is 22.5 Å². The number of rotatable bonds is 13. The summed E-state index contributed by atoms with van der Waals surface area (Å²) < 4.78 is 14.2. The van der Waals surface area contributed by atoms with Gasteiger partial charge in [0, 0.05) is 66.7 Å². The van der Waals surface area contributed by atoms with Crippen LogP contribution in [0.25, 0.3) is 5.70 Å². The molecule has 12 heteroatoms. The Labute approximate surface area is 243 Å². The SMILES string of the molecule is C=C(c1ncc(S)cc1SC1CC(ONC)C(N/C=C\NN)C1CC)N(C)CC(C)(C)F.CN=C/C=C(/C)N. The van der Waals surface area contributed by atoms with Crippen molar-refractivity contribution in [3.63, 3.8) is 0 Å². The van der Waals surface area contributed by atoms with E-state index in [0.717, 1.165) is 34.0 Å². The van der Waals surface area contributed by atoms with E-state index in [1.165, 1.54) is 0 Å². The predicted molar refractivity (Wildman–Crippen MR) is 166 cm³/mol. The standard InChI is InChI=1S/C22H37FN6OS2.C5H10N2/c1-7-16-18(11-17(30-25-5)21(16)26-8-9-28-24)32-19-10-15(31)12-27-20(19)14(2)29(6)13-22(3,4)23;1-5(6)3-4-7-2/h8-10,12,16-18,21,25-26,28,31H,2,7,11,13,24H2,1,3-6H3;3-4H,6H2,1-2H3/b9-8-;5-3-,7-4?. The molecule has 1 saturated carbocycles. The number of allylic oxidation sites excluding steroid dienone is 2. The fourth-order valence-corrected chi connectivity index (χ4v) is 6.26. The Morgan fingerprint density at radius 1 is 1.44 bits per heavy atom. The first-order chi connectivity index (χ1) is 18.4. The Hall–Kier alpha value is -2.25. The molecule has 9 nitrogen and oxygen atoms in total. The summed E-state index contributed by atoms with van der Waals surface area (Å²) in [5, 5.41) is 3.71. The fourth-order valence-electron chi connectivity index (χ4n) is 4.36. The normalized spacial score (nSPS) is 21.6. The smallest absolute Gasteiger partial charge is 0.122 e. The molecule has 0 spiro atoms. The summed E-state index contributed by atoms with van der Waals surface area (Å²) in [6, 6.07) is 2.12. The number of alkyl halides is 1. The van der Waals surface area contributed by atoms with Crippen molar-refractivity contribution >= 4 is 36.3 Å². The van der Waals surface area contributed by atoms with Crippen LogP contribution in [-0.4, -0.2) is 66.9 Å². The van der Waals surface area contributed by atoms with Crippen LogP contribution < -0.4 is 27.8 Å². The first-order valence-electron chi connectivity index (χ1n) is 12.9. The number of nitrogens with one attached hydrogen (secondary N) is 3. The summed E-state index contributed by atoms with van der Waals surface area (Å²) in [6.45, 7) is 11.6. The van der Waals surface area contributed by atoms with Gasteiger partial charge >= 0.3 is 0 Å². The van der Waals surface area contributed by atoms with Gasteiger partial charge < -0.3 is 21.4 Å². The number of aromatic nitrogens is 1. The quantitative estimate of drug-likeness (QED) is 0.0890. The summed E-state index contributed by atoms with van der Waals surface area (Å²) in [5.74, 6) is 5.69. The van der Waals surface area contributed by atoms with E-state index in [1.807, 2.05) is 31.1 Å². The maximum atomic E-state index is 14.2. The molecule has 7 N–H and O–H groups in total. The van der Waals surface area contributed by atoms with E-state index < -0.39 is 5.67 Å². The molecule has 0 bridgehead atoms. The number of nitrogens with zero attached hydrogens (tertiary/aromatic N) is 3. The molecule has 1 aromatic rings. The fraction of sp³-hybridized carbons (Fsp3) is 0.556. The maximum Gasteiger partial charge on any atom is 0.122 e. The van der Waals surface area contributed by atoms with E-state index in [-0.39, 0.29) is 23.9 Å². The van der Waals surface area contributed by atoms with Gasteiger partial charge in [-0.15, -0.1) is 24.4 Å². The molecule has 1 aromatic heterocycles. The molecule has 0 radical (unpaired) electrons. The van der Waals surface area contributed by atoms with Crippen molar-refractivity contribution in [3.8, 4) is 0 Å². The number of hydrogen-bond donors (Lipinski definition) is 6. The first kappa shape index (κ1) is 34.8. The highest BCUT2D eigenvalue weighted by atomic mass is 32.2. The molecular weight excluding hydrogens is 535 g/mol. The van der Waals surface area contributed by atoms with Crippen molar-refractivity contribution in [2.45, 2.75) is 73.4 Å². The summed E-state index contributed by atoms with van der Waals surface area (Å²) in [5.41, 5.74) is 11.5. The van der Waals surface area contributed by atoms with Crippen LogP contribution in [0.2, 0.25) is 0 Å². The number of nitrogens with two attached hydrogens (primary N) is 2. The lowest BCUT2D eigenvalue weighted by atomic mass is 10.00. The van der Waals surface area contributed by atoms with E-state index >= 15 is 0 Å². The second-order valence-electron chi connectivity index (χ2n) is 9.90. The lowest BCUT2D eigenvalue weighted by Gasteiger charge is -2.28. The molecule has 1 aliphatic rings. The van der Waals surface area contributed by atoms with Gasteiger partial charge in [-0.2, -0.15) is 0 Å². The third-order valence-electron chi connectivity index (χ3n) is 5.96. The highest BCUT2D eigenvalue weighted by Gasteiger charge is 2.43. The van der Waals surface area contributed by atoms with E-state index in [4.69, 9.17) is 16.4 Å². The zero-order chi connectivity index (χ0) is 29.6. The minimum absolute atomic E-state index is 0.0151. The number of halogens is 1. The van der Waals surface area contributed by atoms with Gasteiger partial charge in [0.1, 0.15) is 11.8 Å². The van der Waals surface area contributed by atoms with Crippen molar-refractivity contribution in [1.29, 1.82) is 0 Å². The third kappa shape index (κ3) is 12.2. The zero-order valence-electron chi connectivity index (χ0n) is 24.2. The largest absolute Gasteiger partial charge is 0.402 e. The summed E-state index contributed by atoms with van der Waals surface area (Å²) in [7, 11) is 5.32. The van der Waals surface area contributed by atoms with Gasteiger partial charge in [-0.1, -0.05) is 19.9 Å². The Morgan fingerprint density at radius 3 is 2.64 bits per heavy atom. The summed E-state index contributed by atoms with van der Waals surface area (Å²) in [4.78, 5) is 17.7. The zero-order valence-corrected chi connectivity index (χ0v) is 26.0. The number of thioether (sulfide) groups is 1. The van der Waals surface area contributed by atoms with E-state index in [2.05, 4.69) is 52.3 Å². The highest BCUT2D eigenvalue weighted by molar-refractivity contribution is 8.00. The lowest BCUT2D eigenvalue weighted by Crippen LogP contribution is -2.41. The number of hydrogen-bond acceptors (Lipinski definition) is 11. The van der Waals surface area contributed by atoms with E-state index in [1.54, 1.807) is 64.4 Å². The predicted octanol–water partition coefficient (Wildman–Crippen LogP) is 3.87. The molecular formula is C27H47FN8OS2. The van der Waals surface area contributed by atoms with Crippen LogP contribution in [0.15, 0.2) is 57.8 Å². The van der Waals surface area contributed by atoms with Crippen LogP contribution in [-0.2, 0) is 4.84 Å². The van der Waals surface area contributed by atoms with Crippen LogP contribution in [0.3, 0.4) is 0 Å². The van der Waals surface area contributed by atoms with Gasteiger partial charge in [-0.05, 0) is 45.3 Å². The average Bonchev–Trinajstić information content (AvgIpc) is 3.17. The van der Waals surface area contributed by atoms with Gasteiger partial charge in [-0.3, -0.25) is 20.7 Å². The van der Waals surface area contributed by atoms with E-state index in [0.29, 0.717) is 11.6 Å². The van der Waals surface area contributed by atoms with Crippen LogP contribution in [0.4, 0.5) is 4.39 Å². The number of pyridine rings is 1. The monoisotopic (exact) mass is 582 g/mol. The minimum atomic E-state index is -1.34. The molecule has 39 heavy (non-hydrogen) atoms. The molecule has 0 aliphatic heterocycles. The minimum Gasteiger partial charge on any atom is -0.402 e. The van der Waals surface area contributed by atoms with Crippen LogP contribution in [0.5, 0.6) is 0 Å². The molecule has 1 aliphatic carbocycles.